The lowest BCUT2D eigenvalue weighted by molar-refractivity contribution is -0.121. The molecule has 0 spiro atoms. The predicted molar refractivity (Wildman–Crippen MR) is 67.3 cm³/mol. The minimum absolute atomic E-state index is 0.103. The molecule has 0 radical (unpaired) electrons. The minimum atomic E-state index is -0.126. The highest BCUT2D eigenvalue weighted by Gasteiger charge is 2.20. The van der Waals surface area contributed by atoms with Gasteiger partial charge in [-0.15, -0.1) is 0 Å². The van der Waals surface area contributed by atoms with E-state index in [2.05, 4.69) is 17.6 Å². The molecule has 1 aliphatic rings. The number of hydrogen-bond acceptors (Lipinski definition) is 2. The highest BCUT2D eigenvalue weighted by molar-refractivity contribution is 5.78. The Morgan fingerprint density at radius 3 is 2.56 bits per heavy atom. The van der Waals surface area contributed by atoms with Gasteiger partial charge in [-0.2, -0.15) is 0 Å². The van der Waals surface area contributed by atoms with Crippen molar-refractivity contribution in [3.63, 3.8) is 0 Å². The fourth-order valence-electron chi connectivity index (χ4n) is 2.32. The molecule has 2 unspecified atom stereocenters. The number of rotatable bonds is 3. The fourth-order valence-corrected chi connectivity index (χ4v) is 2.32. The molecule has 1 saturated carbocycles. The topological polar surface area (TPSA) is 41.1 Å². The summed E-state index contributed by atoms with van der Waals surface area (Å²) in [5.41, 5.74) is -0.126. The maximum Gasteiger partial charge on any atom is 0.234 e. The van der Waals surface area contributed by atoms with E-state index in [1.165, 1.54) is 25.7 Å². The van der Waals surface area contributed by atoms with Crippen molar-refractivity contribution in [2.75, 3.05) is 6.54 Å². The molecule has 2 atom stereocenters. The van der Waals surface area contributed by atoms with E-state index in [1.54, 1.807) is 0 Å². The van der Waals surface area contributed by atoms with Gasteiger partial charge in [0.15, 0.2) is 0 Å². The van der Waals surface area contributed by atoms with E-state index >= 15 is 0 Å². The Bertz CT molecular complexity index is 233. The molecular formula is C13H26N2O. The molecule has 0 saturated heterocycles. The van der Waals surface area contributed by atoms with Crippen molar-refractivity contribution >= 4 is 5.91 Å². The van der Waals surface area contributed by atoms with E-state index < -0.39 is 0 Å². The van der Waals surface area contributed by atoms with Gasteiger partial charge in [0.1, 0.15) is 0 Å². The quantitative estimate of drug-likeness (QED) is 0.773. The molecular weight excluding hydrogens is 200 g/mol. The lowest BCUT2D eigenvalue weighted by Gasteiger charge is -2.28. The summed E-state index contributed by atoms with van der Waals surface area (Å²) < 4.78 is 0. The number of hydrogen-bond donors (Lipinski definition) is 2. The number of amides is 1. The first-order valence-corrected chi connectivity index (χ1v) is 6.41. The van der Waals surface area contributed by atoms with Crippen molar-refractivity contribution in [1.29, 1.82) is 0 Å². The fraction of sp³-hybridized carbons (Fsp3) is 0.923. The molecule has 2 N–H and O–H groups in total. The van der Waals surface area contributed by atoms with Crippen LogP contribution in [0.1, 0.15) is 53.4 Å². The normalized spacial score (nSPS) is 26.5. The smallest absolute Gasteiger partial charge is 0.234 e. The van der Waals surface area contributed by atoms with Crippen LogP contribution in [0, 0.1) is 5.92 Å². The number of nitrogens with one attached hydrogen (secondary N) is 2. The monoisotopic (exact) mass is 226 g/mol. The maximum atomic E-state index is 11.6. The van der Waals surface area contributed by atoms with Crippen LogP contribution in [-0.2, 0) is 4.79 Å². The van der Waals surface area contributed by atoms with Crippen LogP contribution in [0.5, 0.6) is 0 Å². The zero-order chi connectivity index (χ0) is 12.2. The second-order valence-electron chi connectivity index (χ2n) is 6.15. The first-order valence-electron chi connectivity index (χ1n) is 6.41. The van der Waals surface area contributed by atoms with Crippen molar-refractivity contribution in [3.8, 4) is 0 Å². The lowest BCUT2D eigenvalue weighted by Crippen LogP contribution is -2.47. The van der Waals surface area contributed by atoms with Crippen LogP contribution >= 0.6 is 0 Å². The van der Waals surface area contributed by atoms with Crippen LogP contribution < -0.4 is 10.6 Å². The van der Waals surface area contributed by atoms with Gasteiger partial charge in [0.2, 0.25) is 5.91 Å². The summed E-state index contributed by atoms with van der Waals surface area (Å²) in [5.74, 6) is 0.905. The zero-order valence-electron chi connectivity index (χ0n) is 11.1. The molecule has 0 aliphatic heterocycles. The molecule has 0 bridgehead atoms. The maximum absolute atomic E-state index is 11.6. The van der Waals surface area contributed by atoms with Gasteiger partial charge in [0, 0.05) is 11.6 Å². The Morgan fingerprint density at radius 2 is 2.00 bits per heavy atom. The molecule has 1 rings (SSSR count). The Hall–Kier alpha value is -0.570. The molecule has 0 heterocycles. The highest BCUT2D eigenvalue weighted by Crippen LogP contribution is 2.23. The van der Waals surface area contributed by atoms with Crippen molar-refractivity contribution in [2.45, 2.75) is 65.0 Å². The van der Waals surface area contributed by atoms with E-state index in [1.807, 2.05) is 20.8 Å². The van der Waals surface area contributed by atoms with Crippen LogP contribution in [0.2, 0.25) is 0 Å². The molecule has 0 aromatic carbocycles. The first-order chi connectivity index (χ1) is 7.37. The Kier molecular flexibility index (Phi) is 4.78. The van der Waals surface area contributed by atoms with Crippen LogP contribution in [0.15, 0.2) is 0 Å². The van der Waals surface area contributed by atoms with Gasteiger partial charge in [-0.05, 0) is 39.5 Å². The third kappa shape index (κ3) is 5.50. The summed E-state index contributed by atoms with van der Waals surface area (Å²) in [7, 11) is 0. The Morgan fingerprint density at radius 1 is 1.31 bits per heavy atom. The molecule has 1 aliphatic carbocycles. The molecule has 0 aromatic rings. The molecule has 3 heteroatoms. The third-order valence-corrected chi connectivity index (χ3v) is 3.00. The summed E-state index contributed by atoms with van der Waals surface area (Å²) in [4.78, 5) is 11.6. The zero-order valence-corrected chi connectivity index (χ0v) is 11.1. The van der Waals surface area contributed by atoms with Gasteiger partial charge in [-0.25, -0.2) is 0 Å². The SMILES string of the molecule is CC1CCCC(NCC(=O)NC(C)(C)C)C1. The molecule has 1 amide bonds. The third-order valence-electron chi connectivity index (χ3n) is 3.00. The van der Waals surface area contributed by atoms with Crippen LogP contribution in [0.4, 0.5) is 0 Å². The van der Waals surface area contributed by atoms with E-state index in [4.69, 9.17) is 0 Å². The van der Waals surface area contributed by atoms with Gasteiger partial charge in [0.05, 0.1) is 6.54 Å². The molecule has 16 heavy (non-hydrogen) atoms. The summed E-state index contributed by atoms with van der Waals surface area (Å²) in [6.07, 6.45) is 5.06. The van der Waals surface area contributed by atoms with Gasteiger partial charge >= 0.3 is 0 Å². The van der Waals surface area contributed by atoms with Crippen molar-refractivity contribution in [3.05, 3.63) is 0 Å². The predicted octanol–water partition coefficient (Wildman–Crippen LogP) is 2.07. The minimum Gasteiger partial charge on any atom is -0.350 e. The van der Waals surface area contributed by atoms with Gasteiger partial charge < -0.3 is 10.6 Å². The second kappa shape index (κ2) is 5.67. The number of carbonyl (C=O) groups excluding carboxylic acids is 1. The van der Waals surface area contributed by atoms with E-state index in [0.29, 0.717) is 12.6 Å². The molecule has 3 nitrogen and oxygen atoms in total. The van der Waals surface area contributed by atoms with E-state index in [9.17, 15) is 4.79 Å². The first kappa shape index (κ1) is 13.5. The summed E-state index contributed by atoms with van der Waals surface area (Å²) in [6, 6.07) is 0.537. The highest BCUT2D eigenvalue weighted by atomic mass is 16.2. The van der Waals surface area contributed by atoms with Crippen molar-refractivity contribution in [1.82, 2.24) is 10.6 Å². The van der Waals surface area contributed by atoms with Crippen molar-refractivity contribution in [2.24, 2.45) is 5.92 Å². The summed E-state index contributed by atoms with van der Waals surface area (Å²) >= 11 is 0. The van der Waals surface area contributed by atoms with E-state index in [-0.39, 0.29) is 11.4 Å². The summed E-state index contributed by atoms with van der Waals surface area (Å²) in [6.45, 7) is 8.77. The largest absolute Gasteiger partial charge is 0.350 e. The Balaban J connectivity index is 2.21. The average molecular weight is 226 g/mol. The van der Waals surface area contributed by atoms with Gasteiger partial charge in [0.25, 0.3) is 0 Å². The molecule has 94 valence electrons. The Labute approximate surface area is 99.4 Å². The average Bonchev–Trinajstić information content (AvgIpc) is 2.12. The summed E-state index contributed by atoms with van der Waals surface area (Å²) in [5, 5.41) is 6.33. The van der Waals surface area contributed by atoms with Gasteiger partial charge in [-0.3, -0.25) is 4.79 Å². The van der Waals surface area contributed by atoms with Crippen LogP contribution in [0.3, 0.4) is 0 Å². The van der Waals surface area contributed by atoms with Crippen LogP contribution in [-0.4, -0.2) is 24.0 Å². The van der Waals surface area contributed by atoms with E-state index in [0.717, 1.165) is 5.92 Å². The molecule has 0 aromatic heterocycles. The van der Waals surface area contributed by atoms with Crippen molar-refractivity contribution < 1.29 is 4.79 Å². The lowest BCUT2D eigenvalue weighted by atomic mass is 9.87. The van der Waals surface area contributed by atoms with Gasteiger partial charge in [-0.1, -0.05) is 19.8 Å². The van der Waals surface area contributed by atoms with Crippen LogP contribution in [0.25, 0.3) is 0 Å². The standard InChI is InChI=1S/C13H26N2O/c1-10-6-5-7-11(8-10)14-9-12(16)15-13(2,3)4/h10-11,14H,5-9H2,1-4H3,(H,15,16). The molecule has 1 fully saturated rings. The second-order valence-corrected chi connectivity index (χ2v) is 6.15. The number of carbonyl (C=O) groups is 1.